The molecule has 1 saturated heterocycles. The Morgan fingerprint density at radius 1 is 1.50 bits per heavy atom. The van der Waals surface area contributed by atoms with Gasteiger partial charge in [0.1, 0.15) is 0 Å². The van der Waals surface area contributed by atoms with E-state index in [9.17, 15) is 5.11 Å². The molecule has 1 aliphatic rings. The highest BCUT2D eigenvalue weighted by Crippen LogP contribution is 2.20. The van der Waals surface area contributed by atoms with Crippen LogP contribution in [-0.4, -0.2) is 59.2 Å². The lowest BCUT2D eigenvalue weighted by atomic mass is 9.96. The molecular weight excluding hydrogens is 270 g/mol. The quantitative estimate of drug-likeness (QED) is 0.871. The van der Waals surface area contributed by atoms with Crippen LogP contribution in [0, 0.1) is 12.8 Å². The summed E-state index contributed by atoms with van der Waals surface area (Å²) in [5.41, 5.74) is 0. The molecule has 0 bridgehead atoms. The van der Waals surface area contributed by atoms with Gasteiger partial charge in [0.05, 0.1) is 11.1 Å². The van der Waals surface area contributed by atoms with Crippen molar-refractivity contribution in [1.82, 2.24) is 14.8 Å². The van der Waals surface area contributed by atoms with Crippen molar-refractivity contribution in [3.05, 3.63) is 16.1 Å². The predicted molar refractivity (Wildman–Crippen MR) is 84.0 cm³/mol. The van der Waals surface area contributed by atoms with E-state index in [4.69, 9.17) is 0 Å². The normalized spacial score (nSPS) is 19.6. The van der Waals surface area contributed by atoms with Crippen molar-refractivity contribution in [2.24, 2.45) is 5.92 Å². The minimum Gasteiger partial charge on any atom is -0.392 e. The predicted octanol–water partition coefficient (Wildman–Crippen LogP) is 1.98. The minimum absolute atomic E-state index is 0.205. The molecule has 1 aromatic heterocycles. The first-order chi connectivity index (χ1) is 9.52. The Bertz CT molecular complexity index is 400. The molecule has 1 N–H and O–H groups in total. The third kappa shape index (κ3) is 5.13. The first-order valence-electron chi connectivity index (χ1n) is 7.53. The summed E-state index contributed by atoms with van der Waals surface area (Å²) in [6.07, 6.45) is 4.29. The van der Waals surface area contributed by atoms with E-state index in [2.05, 4.69) is 28.8 Å². The fraction of sp³-hybridized carbons (Fsp3) is 0.800. The lowest BCUT2D eigenvalue weighted by Gasteiger charge is -2.34. The molecule has 1 aliphatic heterocycles. The summed E-state index contributed by atoms with van der Waals surface area (Å²) in [6, 6.07) is 0. The number of nitrogens with zero attached hydrogens (tertiary/aromatic N) is 3. The molecule has 0 aliphatic carbocycles. The molecular formula is C15H27N3OS. The topological polar surface area (TPSA) is 39.6 Å². The molecule has 1 atom stereocenters. The standard InChI is InChI=1S/C15H27N3OS/c1-12(19)9-18-6-4-14(5-7-18)10-17(3)11-15-8-16-13(2)20-15/h8,12,14,19H,4-7,9-11H2,1-3H3/t12-/m0/s1. The Kier molecular flexibility index (Phi) is 5.96. The fourth-order valence-corrected chi connectivity index (χ4v) is 3.85. The second-order valence-corrected chi connectivity index (χ2v) is 7.45. The maximum atomic E-state index is 9.43. The first kappa shape index (κ1) is 15.9. The van der Waals surface area contributed by atoms with Crippen molar-refractivity contribution in [3.8, 4) is 0 Å². The van der Waals surface area contributed by atoms with Gasteiger partial charge in [-0.2, -0.15) is 0 Å². The Hall–Kier alpha value is -0.490. The third-order valence-corrected chi connectivity index (χ3v) is 4.79. The Balaban J connectivity index is 1.69. The Morgan fingerprint density at radius 3 is 2.75 bits per heavy atom. The number of aromatic nitrogens is 1. The molecule has 0 radical (unpaired) electrons. The highest BCUT2D eigenvalue weighted by atomic mass is 32.1. The second-order valence-electron chi connectivity index (χ2n) is 6.14. The molecule has 114 valence electrons. The van der Waals surface area contributed by atoms with Gasteiger partial charge < -0.3 is 14.9 Å². The number of likely N-dealkylation sites (tertiary alicyclic amines) is 1. The van der Waals surface area contributed by atoms with Crippen LogP contribution in [0.25, 0.3) is 0 Å². The summed E-state index contributed by atoms with van der Waals surface area (Å²) in [6.45, 7) is 9.19. The van der Waals surface area contributed by atoms with Gasteiger partial charge in [-0.1, -0.05) is 0 Å². The van der Waals surface area contributed by atoms with Crippen LogP contribution in [0.2, 0.25) is 0 Å². The number of hydrogen-bond donors (Lipinski definition) is 1. The molecule has 0 amide bonds. The zero-order valence-corrected chi connectivity index (χ0v) is 13.7. The van der Waals surface area contributed by atoms with Gasteiger partial charge in [0, 0.05) is 30.7 Å². The van der Waals surface area contributed by atoms with Crippen LogP contribution in [0.15, 0.2) is 6.20 Å². The van der Waals surface area contributed by atoms with Gasteiger partial charge in [-0.05, 0) is 52.7 Å². The maximum absolute atomic E-state index is 9.43. The van der Waals surface area contributed by atoms with E-state index in [1.165, 1.54) is 24.3 Å². The Labute approximate surface area is 126 Å². The van der Waals surface area contributed by atoms with Crippen LogP contribution < -0.4 is 0 Å². The zero-order valence-electron chi connectivity index (χ0n) is 12.9. The number of aliphatic hydroxyl groups is 1. The van der Waals surface area contributed by atoms with Crippen LogP contribution in [0.5, 0.6) is 0 Å². The largest absolute Gasteiger partial charge is 0.392 e. The van der Waals surface area contributed by atoms with Crippen molar-refractivity contribution in [2.75, 3.05) is 33.2 Å². The number of piperidine rings is 1. The molecule has 20 heavy (non-hydrogen) atoms. The van der Waals surface area contributed by atoms with E-state index in [0.29, 0.717) is 0 Å². The number of aryl methyl sites for hydroxylation is 1. The van der Waals surface area contributed by atoms with Crippen LogP contribution in [0.4, 0.5) is 0 Å². The number of rotatable bonds is 6. The average molecular weight is 297 g/mol. The number of thiazole rings is 1. The molecule has 0 aromatic carbocycles. The third-order valence-electron chi connectivity index (χ3n) is 3.89. The lowest BCUT2D eigenvalue weighted by molar-refractivity contribution is 0.0920. The van der Waals surface area contributed by atoms with E-state index in [0.717, 1.165) is 37.1 Å². The zero-order chi connectivity index (χ0) is 14.5. The van der Waals surface area contributed by atoms with Gasteiger partial charge in [-0.25, -0.2) is 4.98 Å². The SMILES string of the molecule is Cc1ncc(CN(C)CC2CCN(C[C@H](C)O)CC2)s1. The average Bonchev–Trinajstić information content (AvgIpc) is 2.76. The molecule has 0 spiro atoms. The second kappa shape index (κ2) is 7.50. The summed E-state index contributed by atoms with van der Waals surface area (Å²) >= 11 is 1.80. The van der Waals surface area contributed by atoms with Crippen molar-refractivity contribution in [2.45, 2.75) is 39.3 Å². The molecule has 1 fully saturated rings. The summed E-state index contributed by atoms with van der Waals surface area (Å²) in [4.78, 5) is 10.5. The highest BCUT2D eigenvalue weighted by molar-refractivity contribution is 7.11. The van der Waals surface area contributed by atoms with E-state index < -0.39 is 0 Å². The van der Waals surface area contributed by atoms with Crippen molar-refractivity contribution >= 4 is 11.3 Å². The smallest absolute Gasteiger partial charge is 0.0897 e. The van der Waals surface area contributed by atoms with E-state index in [1.54, 1.807) is 11.3 Å². The number of β-amino-alcohol motifs (C(OH)–C–C–N with tert-alkyl or cyclic N) is 1. The molecule has 2 rings (SSSR count). The molecule has 5 heteroatoms. The van der Waals surface area contributed by atoms with Gasteiger partial charge in [0.15, 0.2) is 0 Å². The fourth-order valence-electron chi connectivity index (χ4n) is 2.98. The number of aliphatic hydroxyl groups excluding tert-OH is 1. The minimum atomic E-state index is -0.205. The van der Waals surface area contributed by atoms with Gasteiger partial charge in [0.25, 0.3) is 0 Å². The highest BCUT2D eigenvalue weighted by Gasteiger charge is 2.21. The van der Waals surface area contributed by atoms with E-state index >= 15 is 0 Å². The molecule has 0 unspecified atom stereocenters. The summed E-state index contributed by atoms with van der Waals surface area (Å²) in [5.74, 6) is 0.791. The summed E-state index contributed by atoms with van der Waals surface area (Å²) in [7, 11) is 2.21. The van der Waals surface area contributed by atoms with E-state index in [-0.39, 0.29) is 6.10 Å². The molecule has 1 aromatic rings. The van der Waals surface area contributed by atoms with Gasteiger partial charge >= 0.3 is 0 Å². The van der Waals surface area contributed by atoms with Crippen LogP contribution in [-0.2, 0) is 6.54 Å². The maximum Gasteiger partial charge on any atom is 0.0897 e. The van der Waals surface area contributed by atoms with Crippen molar-refractivity contribution < 1.29 is 5.11 Å². The molecule has 2 heterocycles. The Morgan fingerprint density at radius 2 is 2.20 bits per heavy atom. The van der Waals surface area contributed by atoms with E-state index in [1.807, 2.05) is 13.1 Å². The van der Waals surface area contributed by atoms with Crippen molar-refractivity contribution in [1.29, 1.82) is 0 Å². The number of hydrogen-bond acceptors (Lipinski definition) is 5. The van der Waals surface area contributed by atoms with Crippen molar-refractivity contribution in [3.63, 3.8) is 0 Å². The van der Waals surface area contributed by atoms with Gasteiger partial charge in [-0.3, -0.25) is 0 Å². The summed E-state index contributed by atoms with van der Waals surface area (Å²) < 4.78 is 0. The molecule has 0 saturated carbocycles. The van der Waals surface area contributed by atoms with Gasteiger partial charge in [-0.15, -0.1) is 11.3 Å². The van der Waals surface area contributed by atoms with Crippen LogP contribution >= 0.6 is 11.3 Å². The lowest BCUT2D eigenvalue weighted by Crippen LogP contribution is -2.40. The van der Waals surface area contributed by atoms with Gasteiger partial charge in [0.2, 0.25) is 0 Å². The first-order valence-corrected chi connectivity index (χ1v) is 8.35. The monoisotopic (exact) mass is 297 g/mol. The van der Waals surface area contributed by atoms with Crippen LogP contribution in [0.1, 0.15) is 29.7 Å². The summed E-state index contributed by atoms with van der Waals surface area (Å²) in [5, 5.41) is 10.6. The molecule has 4 nitrogen and oxygen atoms in total. The van der Waals surface area contributed by atoms with Crippen LogP contribution in [0.3, 0.4) is 0 Å².